The van der Waals surface area contributed by atoms with E-state index in [0.717, 1.165) is 0 Å². The van der Waals surface area contributed by atoms with Gasteiger partial charge < -0.3 is 15.2 Å². The number of esters is 1. The maximum atomic E-state index is 13.5. The van der Waals surface area contributed by atoms with Crippen molar-refractivity contribution in [3.05, 3.63) is 87.3 Å². The number of sulfone groups is 1. The minimum atomic E-state index is -4.07. The molecule has 2 aromatic carbocycles. The van der Waals surface area contributed by atoms with Crippen LogP contribution in [0.15, 0.2) is 81.6 Å². The lowest BCUT2D eigenvalue weighted by atomic mass is 9.88. The van der Waals surface area contributed by atoms with Crippen LogP contribution in [0.3, 0.4) is 0 Å². The van der Waals surface area contributed by atoms with Gasteiger partial charge in [-0.15, -0.1) is 0 Å². The van der Waals surface area contributed by atoms with E-state index in [-0.39, 0.29) is 33.6 Å². The van der Waals surface area contributed by atoms with Crippen LogP contribution in [0.25, 0.3) is 0 Å². The molecule has 0 bridgehead atoms. The van der Waals surface area contributed by atoms with Crippen molar-refractivity contribution in [3.8, 4) is 0 Å². The molecule has 0 spiro atoms. The van der Waals surface area contributed by atoms with Gasteiger partial charge in [0.2, 0.25) is 15.7 Å². The Morgan fingerprint density at radius 2 is 1.76 bits per heavy atom. The second kappa shape index (κ2) is 8.31. The van der Waals surface area contributed by atoms with Gasteiger partial charge in [-0.05, 0) is 43.7 Å². The van der Waals surface area contributed by atoms with Crippen LogP contribution in [0.4, 0.5) is 0 Å². The zero-order chi connectivity index (χ0) is 21.2. The van der Waals surface area contributed by atoms with Crippen LogP contribution in [0.5, 0.6) is 0 Å². The van der Waals surface area contributed by atoms with Crippen molar-refractivity contribution in [2.45, 2.75) is 24.7 Å². The van der Waals surface area contributed by atoms with Crippen molar-refractivity contribution >= 4 is 27.4 Å². The first kappa shape index (κ1) is 21.0. The number of hydrogen-bond acceptors (Lipinski definition) is 6. The van der Waals surface area contributed by atoms with Gasteiger partial charge in [-0.2, -0.15) is 0 Å². The van der Waals surface area contributed by atoms with Gasteiger partial charge in [0.25, 0.3) is 0 Å². The molecule has 0 fully saturated rings. The van der Waals surface area contributed by atoms with E-state index in [0.29, 0.717) is 10.6 Å². The molecular formula is C21H20ClNO5S. The molecule has 1 aliphatic heterocycles. The number of allylic oxidation sites excluding steroid dienone is 2. The van der Waals surface area contributed by atoms with Crippen LogP contribution in [-0.2, 0) is 24.1 Å². The molecule has 3 rings (SSSR count). The predicted molar refractivity (Wildman–Crippen MR) is 109 cm³/mol. The van der Waals surface area contributed by atoms with Crippen LogP contribution in [0.2, 0.25) is 5.02 Å². The monoisotopic (exact) mass is 433 g/mol. The van der Waals surface area contributed by atoms with Gasteiger partial charge in [0, 0.05) is 5.02 Å². The number of carbonyl (C=O) groups excluding carboxylic acids is 1. The Kier molecular flexibility index (Phi) is 6.00. The molecule has 1 heterocycles. The topological polar surface area (TPSA) is 95.7 Å². The van der Waals surface area contributed by atoms with Crippen molar-refractivity contribution in [2.75, 3.05) is 6.61 Å². The zero-order valence-corrected chi connectivity index (χ0v) is 17.5. The molecule has 0 unspecified atom stereocenters. The number of nitrogens with two attached hydrogens (primary N) is 1. The lowest BCUT2D eigenvalue weighted by Crippen LogP contribution is -2.29. The maximum absolute atomic E-state index is 13.5. The summed E-state index contributed by atoms with van der Waals surface area (Å²) in [6, 6.07) is 14.4. The minimum Gasteiger partial charge on any atom is -0.463 e. The van der Waals surface area contributed by atoms with E-state index < -0.39 is 21.7 Å². The summed E-state index contributed by atoms with van der Waals surface area (Å²) in [7, 11) is -4.07. The summed E-state index contributed by atoms with van der Waals surface area (Å²) in [6.45, 7) is 3.34. The van der Waals surface area contributed by atoms with Crippen molar-refractivity contribution in [3.63, 3.8) is 0 Å². The minimum absolute atomic E-state index is 0.0447. The molecule has 0 amide bonds. The third-order valence-corrected chi connectivity index (χ3v) is 6.64. The normalized spacial score (nSPS) is 17.1. The summed E-state index contributed by atoms with van der Waals surface area (Å²) in [5.74, 6) is -1.75. The largest absolute Gasteiger partial charge is 0.463 e. The fourth-order valence-corrected chi connectivity index (χ4v) is 4.97. The summed E-state index contributed by atoms with van der Waals surface area (Å²) >= 11 is 6.00. The summed E-state index contributed by atoms with van der Waals surface area (Å²) in [5.41, 5.74) is 6.66. The number of rotatable bonds is 5. The number of hydrogen-bond donors (Lipinski definition) is 1. The molecule has 152 valence electrons. The highest BCUT2D eigenvalue weighted by molar-refractivity contribution is 7.95. The highest BCUT2D eigenvalue weighted by atomic mass is 35.5. The Morgan fingerprint density at radius 3 is 2.34 bits per heavy atom. The fraction of sp³-hybridized carbons (Fsp3) is 0.190. The van der Waals surface area contributed by atoms with Gasteiger partial charge in [0.1, 0.15) is 10.7 Å². The Labute approximate surface area is 174 Å². The van der Waals surface area contributed by atoms with E-state index in [1.807, 2.05) is 0 Å². The number of halogens is 1. The van der Waals surface area contributed by atoms with Crippen LogP contribution in [0.1, 0.15) is 25.3 Å². The highest BCUT2D eigenvalue weighted by Gasteiger charge is 2.42. The van der Waals surface area contributed by atoms with E-state index in [1.54, 1.807) is 56.3 Å². The number of ether oxygens (including phenoxy) is 2. The standard InChI is InChI=1S/C21H20ClNO5S/c1-3-27-21(24)17-13(2)28-20(23)19(18(17)14-9-11-15(22)12-10-14)29(25,26)16-7-5-4-6-8-16/h4-12,18H,3,23H2,1-2H3/t18-/m0/s1. The SMILES string of the molecule is CCOC(=O)C1=C(C)OC(N)=C(S(=O)(=O)c2ccccc2)[C@H]1c1ccc(Cl)cc1. The van der Waals surface area contributed by atoms with Crippen molar-refractivity contribution in [1.29, 1.82) is 0 Å². The molecule has 29 heavy (non-hydrogen) atoms. The predicted octanol–water partition coefficient (Wildman–Crippen LogP) is 3.89. The van der Waals surface area contributed by atoms with Gasteiger partial charge in [0.05, 0.1) is 23.0 Å². The van der Waals surface area contributed by atoms with E-state index in [1.165, 1.54) is 12.1 Å². The number of benzene rings is 2. The molecule has 1 atom stereocenters. The molecule has 0 saturated heterocycles. The Morgan fingerprint density at radius 1 is 1.14 bits per heavy atom. The first-order valence-corrected chi connectivity index (χ1v) is 10.7. The molecule has 6 nitrogen and oxygen atoms in total. The Bertz CT molecular complexity index is 1090. The second-order valence-electron chi connectivity index (χ2n) is 6.32. The lowest BCUT2D eigenvalue weighted by molar-refractivity contribution is -0.139. The Hall–Kier alpha value is -2.77. The van der Waals surface area contributed by atoms with E-state index in [9.17, 15) is 13.2 Å². The highest BCUT2D eigenvalue weighted by Crippen LogP contribution is 2.44. The fourth-order valence-electron chi connectivity index (χ4n) is 3.20. The summed E-state index contributed by atoms with van der Waals surface area (Å²) < 4.78 is 37.6. The smallest absolute Gasteiger partial charge is 0.338 e. The van der Waals surface area contributed by atoms with Gasteiger partial charge >= 0.3 is 5.97 Å². The van der Waals surface area contributed by atoms with Crippen molar-refractivity contribution in [1.82, 2.24) is 0 Å². The Balaban J connectivity index is 2.26. The molecule has 0 radical (unpaired) electrons. The third-order valence-electron chi connectivity index (χ3n) is 4.48. The van der Waals surface area contributed by atoms with Gasteiger partial charge in [0.15, 0.2) is 0 Å². The molecule has 0 saturated carbocycles. The van der Waals surface area contributed by atoms with E-state index >= 15 is 0 Å². The molecule has 1 aliphatic rings. The molecule has 2 aromatic rings. The van der Waals surface area contributed by atoms with Crippen molar-refractivity contribution in [2.24, 2.45) is 5.73 Å². The second-order valence-corrected chi connectivity index (χ2v) is 8.68. The molecule has 2 N–H and O–H groups in total. The van der Waals surface area contributed by atoms with Gasteiger partial charge in [-0.3, -0.25) is 0 Å². The summed E-state index contributed by atoms with van der Waals surface area (Å²) in [4.78, 5) is 12.6. The van der Waals surface area contributed by atoms with Crippen LogP contribution in [0, 0.1) is 0 Å². The van der Waals surface area contributed by atoms with Crippen LogP contribution >= 0.6 is 11.6 Å². The molecule has 8 heteroatoms. The van der Waals surface area contributed by atoms with E-state index in [2.05, 4.69) is 0 Å². The average molecular weight is 434 g/mol. The van der Waals surface area contributed by atoms with Crippen molar-refractivity contribution < 1.29 is 22.7 Å². The summed E-state index contributed by atoms with van der Waals surface area (Å²) in [6.07, 6.45) is 0. The van der Waals surface area contributed by atoms with Gasteiger partial charge in [-0.1, -0.05) is 41.9 Å². The maximum Gasteiger partial charge on any atom is 0.338 e. The van der Waals surface area contributed by atoms with E-state index in [4.69, 9.17) is 26.8 Å². The molecule has 0 aromatic heterocycles. The first-order valence-electron chi connectivity index (χ1n) is 8.88. The average Bonchev–Trinajstić information content (AvgIpc) is 2.68. The molecule has 0 aliphatic carbocycles. The number of carbonyl (C=O) groups is 1. The lowest BCUT2D eigenvalue weighted by Gasteiger charge is -2.29. The first-order chi connectivity index (χ1) is 13.8. The van der Waals surface area contributed by atoms with Crippen LogP contribution < -0.4 is 5.73 Å². The van der Waals surface area contributed by atoms with Gasteiger partial charge in [-0.25, -0.2) is 13.2 Å². The zero-order valence-electron chi connectivity index (χ0n) is 15.9. The summed E-state index contributed by atoms with van der Waals surface area (Å²) in [5, 5.41) is 0.476. The quantitative estimate of drug-likeness (QED) is 0.718. The third kappa shape index (κ3) is 4.02. The van der Waals surface area contributed by atoms with Crippen LogP contribution in [-0.4, -0.2) is 21.0 Å². The molecular weight excluding hydrogens is 414 g/mol.